The van der Waals surface area contributed by atoms with Crippen molar-refractivity contribution in [1.82, 2.24) is 0 Å². The van der Waals surface area contributed by atoms with E-state index in [0.29, 0.717) is 30.2 Å². The fourth-order valence-electron chi connectivity index (χ4n) is 1.62. The van der Waals surface area contributed by atoms with Gasteiger partial charge in [-0.1, -0.05) is 0 Å². The summed E-state index contributed by atoms with van der Waals surface area (Å²) in [6, 6.07) is 8.87. The zero-order valence-corrected chi connectivity index (χ0v) is 13.3. The molecular formula is C14H14BrNO3S. The average Bonchev–Trinajstić information content (AvgIpc) is 2.83. The average molecular weight is 356 g/mol. The number of rotatable bonds is 5. The summed E-state index contributed by atoms with van der Waals surface area (Å²) in [5.74, 6) is 0.0457. The molecule has 0 saturated heterocycles. The number of carbonyl (C=O) groups excluding carboxylic acids is 1. The maximum Gasteiger partial charge on any atom is 0.341 e. The Bertz CT molecular complexity index is 612. The number of anilines is 1. The van der Waals surface area contributed by atoms with Crippen molar-refractivity contribution in [3.05, 3.63) is 44.6 Å². The molecule has 1 heterocycles. The molecule has 0 radical (unpaired) electrons. The minimum Gasteiger partial charge on any atom is -0.487 e. The van der Waals surface area contributed by atoms with Gasteiger partial charge in [0.1, 0.15) is 17.9 Å². The lowest BCUT2D eigenvalue weighted by Crippen LogP contribution is -2.08. The Morgan fingerprint density at radius 3 is 2.80 bits per heavy atom. The Hall–Kier alpha value is -1.53. The van der Waals surface area contributed by atoms with E-state index in [0.717, 1.165) is 8.66 Å². The SMILES string of the molecule is CCOC(=O)c1cc(N)ccc1OCc1ccc(Br)s1. The van der Waals surface area contributed by atoms with E-state index in [9.17, 15) is 4.79 Å². The van der Waals surface area contributed by atoms with Crippen LogP contribution in [0.1, 0.15) is 22.2 Å². The molecule has 2 rings (SSSR count). The summed E-state index contributed by atoms with van der Waals surface area (Å²) in [5.41, 5.74) is 6.55. The van der Waals surface area contributed by atoms with Gasteiger partial charge >= 0.3 is 5.97 Å². The molecule has 0 fully saturated rings. The largest absolute Gasteiger partial charge is 0.487 e. The molecule has 2 aromatic rings. The topological polar surface area (TPSA) is 61.5 Å². The highest BCUT2D eigenvalue weighted by molar-refractivity contribution is 9.11. The molecule has 0 aliphatic heterocycles. The minimum atomic E-state index is -0.429. The van der Waals surface area contributed by atoms with Crippen molar-refractivity contribution in [3.63, 3.8) is 0 Å². The van der Waals surface area contributed by atoms with Gasteiger partial charge in [-0.25, -0.2) is 4.79 Å². The second-order valence-corrected chi connectivity index (χ2v) is 6.52. The van der Waals surface area contributed by atoms with E-state index in [4.69, 9.17) is 15.2 Å². The molecule has 1 aromatic carbocycles. The number of carbonyl (C=O) groups is 1. The Morgan fingerprint density at radius 1 is 1.35 bits per heavy atom. The summed E-state index contributed by atoms with van der Waals surface area (Å²) in [7, 11) is 0. The van der Waals surface area contributed by atoms with Crippen LogP contribution in [-0.4, -0.2) is 12.6 Å². The van der Waals surface area contributed by atoms with Crippen molar-refractivity contribution in [2.24, 2.45) is 0 Å². The number of nitrogens with two attached hydrogens (primary N) is 1. The van der Waals surface area contributed by atoms with Gasteiger partial charge in [0.25, 0.3) is 0 Å². The number of esters is 1. The first kappa shape index (κ1) is 14.9. The minimum absolute atomic E-state index is 0.310. The van der Waals surface area contributed by atoms with Crippen LogP contribution in [0.5, 0.6) is 5.75 Å². The van der Waals surface area contributed by atoms with Crippen molar-refractivity contribution >= 4 is 38.9 Å². The third-order valence-corrected chi connectivity index (χ3v) is 4.09. The molecule has 0 unspecified atom stereocenters. The highest BCUT2D eigenvalue weighted by Gasteiger charge is 2.14. The Kier molecular flexibility index (Phi) is 5.03. The molecule has 2 N–H and O–H groups in total. The number of hydrogen-bond donors (Lipinski definition) is 1. The van der Waals surface area contributed by atoms with E-state index < -0.39 is 5.97 Å². The van der Waals surface area contributed by atoms with Crippen LogP contribution < -0.4 is 10.5 Å². The van der Waals surface area contributed by atoms with Crippen molar-refractivity contribution < 1.29 is 14.3 Å². The van der Waals surface area contributed by atoms with E-state index in [2.05, 4.69) is 15.9 Å². The molecule has 20 heavy (non-hydrogen) atoms. The fraction of sp³-hybridized carbons (Fsp3) is 0.214. The molecule has 1 aromatic heterocycles. The zero-order valence-electron chi connectivity index (χ0n) is 10.9. The van der Waals surface area contributed by atoms with Gasteiger partial charge in [0.05, 0.1) is 10.4 Å². The molecule has 0 bridgehead atoms. The van der Waals surface area contributed by atoms with E-state index in [-0.39, 0.29) is 0 Å². The monoisotopic (exact) mass is 355 g/mol. The summed E-state index contributed by atoms with van der Waals surface area (Å²) in [5, 5.41) is 0. The number of nitrogen functional groups attached to an aromatic ring is 1. The quantitative estimate of drug-likeness (QED) is 0.653. The predicted octanol–water partition coefficient (Wildman–Crippen LogP) is 3.85. The Labute approximate surface area is 129 Å². The van der Waals surface area contributed by atoms with Gasteiger partial charge in [-0.2, -0.15) is 0 Å². The van der Waals surface area contributed by atoms with Crippen molar-refractivity contribution in [1.29, 1.82) is 0 Å². The van der Waals surface area contributed by atoms with Crippen LogP contribution in [0.15, 0.2) is 34.1 Å². The second-order valence-electron chi connectivity index (χ2n) is 3.97. The first-order chi connectivity index (χ1) is 9.60. The van der Waals surface area contributed by atoms with E-state index in [1.165, 1.54) is 0 Å². The van der Waals surface area contributed by atoms with Crippen LogP contribution in [0.4, 0.5) is 5.69 Å². The lowest BCUT2D eigenvalue weighted by atomic mass is 10.2. The van der Waals surface area contributed by atoms with Gasteiger partial charge in [-0.15, -0.1) is 11.3 Å². The van der Waals surface area contributed by atoms with Crippen LogP contribution in [0.2, 0.25) is 0 Å². The molecule has 6 heteroatoms. The molecule has 106 valence electrons. The highest BCUT2D eigenvalue weighted by Crippen LogP contribution is 2.26. The lowest BCUT2D eigenvalue weighted by molar-refractivity contribution is 0.0521. The third-order valence-electron chi connectivity index (χ3n) is 2.50. The van der Waals surface area contributed by atoms with Gasteiger partial charge < -0.3 is 15.2 Å². The van der Waals surface area contributed by atoms with Crippen LogP contribution >= 0.6 is 27.3 Å². The molecule has 0 amide bonds. The molecular weight excluding hydrogens is 342 g/mol. The first-order valence-corrected chi connectivity index (χ1v) is 7.64. The first-order valence-electron chi connectivity index (χ1n) is 6.04. The molecule has 0 aliphatic carbocycles. The normalized spacial score (nSPS) is 10.3. The van der Waals surface area contributed by atoms with Crippen LogP contribution in [0.25, 0.3) is 0 Å². The summed E-state index contributed by atoms with van der Waals surface area (Å²) in [6.07, 6.45) is 0. The number of halogens is 1. The smallest absolute Gasteiger partial charge is 0.341 e. The fourth-order valence-corrected chi connectivity index (χ4v) is 3.02. The zero-order chi connectivity index (χ0) is 14.5. The van der Waals surface area contributed by atoms with Crippen LogP contribution in [0.3, 0.4) is 0 Å². The molecule has 0 atom stereocenters. The van der Waals surface area contributed by atoms with Gasteiger partial charge in [-0.05, 0) is 53.2 Å². The second kappa shape index (κ2) is 6.76. The van der Waals surface area contributed by atoms with Crippen molar-refractivity contribution in [2.45, 2.75) is 13.5 Å². The summed E-state index contributed by atoms with van der Waals surface area (Å²) in [4.78, 5) is 12.9. The molecule has 0 aliphatic rings. The summed E-state index contributed by atoms with van der Waals surface area (Å²) in [6.45, 7) is 2.46. The third kappa shape index (κ3) is 3.74. The van der Waals surface area contributed by atoms with E-state index in [1.54, 1.807) is 36.5 Å². The van der Waals surface area contributed by atoms with Crippen molar-refractivity contribution in [3.8, 4) is 5.75 Å². The number of hydrogen-bond acceptors (Lipinski definition) is 5. The number of thiophene rings is 1. The Balaban J connectivity index is 2.16. The summed E-state index contributed by atoms with van der Waals surface area (Å²) < 4.78 is 11.7. The van der Waals surface area contributed by atoms with Gasteiger partial charge in [0, 0.05) is 10.6 Å². The predicted molar refractivity (Wildman–Crippen MR) is 83.2 cm³/mol. The standard InChI is InChI=1S/C14H14BrNO3S/c1-2-18-14(17)11-7-9(16)3-5-12(11)19-8-10-4-6-13(15)20-10/h3-7H,2,8,16H2,1H3. The molecule has 4 nitrogen and oxygen atoms in total. The van der Waals surface area contributed by atoms with Gasteiger partial charge in [0.2, 0.25) is 0 Å². The van der Waals surface area contributed by atoms with Crippen molar-refractivity contribution in [2.75, 3.05) is 12.3 Å². The highest BCUT2D eigenvalue weighted by atomic mass is 79.9. The molecule has 0 saturated carbocycles. The van der Waals surface area contributed by atoms with Crippen LogP contribution in [0, 0.1) is 0 Å². The number of benzene rings is 1. The lowest BCUT2D eigenvalue weighted by Gasteiger charge is -2.10. The van der Waals surface area contributed by atoms with E-state index in [1.807, 2.05) is 12.1 Å². The maximum atomic E-state index is 11.9. The number of ether oxygens (including phenoxy) is 2. The van der Waals surface area contributed by atoms with Gasteiger partial charge in [0.15, 0.2) is 0 Å². The van der Waals surface area contributed by atoms with Gasteiger partial charge in [-0.3, -0.25) is 0 Å². The Morgan fingerprint density at radius 2 is 2.15 bits per heavy atom. The molecule has 0 spiro atoms. The van der Waals surface area contributed by atoms with E-state index >= 15 is 0 Å². The van der Waals surface area contributed by atoms with Crippen LogP contribution in [-0.2, 0) is 11.3 Å². The maximum absolute atomic E-state index is 11.9. The summed E-state index contributed by atoms with van der Waals surface area (Å²) >= 11 is 4.98.